The van der Waals surface area contributed by atoms with Crippen LogP contribution >= 0.6 is 0 Å². The molecule has 9 heteroatoms. The van der Waals surface area contributed by atoms with Gasteiger partial charge in [0, 0.05) is 17.8 Å². The van der Waals surface area contributed by atoms with E-state index in [1.165, 1.54) is 6.20 Å². The molecule has 2 aromatic rings. The summed E-state index contributed by atoms with van der Waals surface area (Å²) in [5.74, 6) is -0.685. The fourth-order valence-electron chi connectivity index (χ4n) is 3.36. The number of urea groups is 1. The quantitative estimate of drug-likeness (QED) is 0.644. The molecule has 9 nitrogen and oxygen atoms in total. The second-order valence-corrected chi connectivity index (χ2v) is 7.33. The molecule has 0 unspecified atom stereocenters. The summed E-state index contributed by atoms with van der Waals surface area (Å²) in [6.07, 6.45) is 5.60. The van der Waals surface area contributed by atoms with Gasteiger partial charge < -0.3 is 15.8 Å². The Morgan fingerprint density at radius 2 is 1.93 bits per heavy atom. The Kier molecular flexibility index (Phi) is 6.61. The van der Waals surface area contributed by atoms with E-state index >= 15 is 0 Å². The molecule has 1 aromatic carbocycles. The van der Waals surface area contributed by atoms with Crippen LogP contribution in [0.2, 0.25) is 0 Å². The van der Waals surface area contributed by atoms with Crippen molar-refractivity contribution in [3.05, 3.63) is 46.9 Å². The molecule has 1 aliphatic carbocycles. The molecular weight excluding hydrogens is 386 g/mol. The van der Waals surface area contributed by atoms with Crippen molar-refractivity contribution >= 4 is 29.4 Å². The van der Waals surface area contributed by atoms with Crippen LogP contribution in [0.4, 0.5) is 16.3 Å². The van der Waals surface area contributed by atoms with Crippen LogP contribution in [0.25, 0.3) is 0 Å². The van der Waals surface area contributed by atoms with Gasteiger partial charge in [0.25, 0.3) is 5.91 Å². The molecule has 0 aliphatic heterocycles. The molecule has 1 aliphatic rings. The zero-order valence-corrected chi connectivity index (χ0v) is 17.0. The normalized spacial score (nSPS) is 13.7. The Bertz CT molecular complexity index is 970. The first-order chi connectivity index (χ1) is 14.3. The van der Waals surface area contributed by atoms with E-state index in [9.17, 15) is 14.4 Å². The van der Waals surface area contributed by atoms with Crippen LogP contribution in [0.15, 0.2) is 24.4 Å². The number of nitrogens with one attached hydrogen (secondary N) is 2. The number of nitrogens with zero attached hydrogens (tertiary/aromatic N) is 2. The number of rotatable bonds is 5. The number of carbonyl (C=O) groups is 3. The molecule has 3 amide bonds. The van der Waals surface area contributed by atoms with Crippen LogP contribution in [0.1, 0.15) is 58.9 Å². The molecule has 0 saturated heterocycles. The number of amides is 3. The number of carbonyl (C=O) groups excluding carboxylic acids is 3. The van der Waals surface area contributed by atoms with E-state index in [1.54, 1.807) is 12.1 Å². The van der Waals surface area contributed by atoms with E-state index in [2.05, 4.69) is 20.6 Å². The molecule has 0 radical (unpaired) electrons. The minimum Gasteiger partial charge on any atom is -0.452 e. The van der Waals surface area contributed by atoms with Gasteiger partial charge in [-0.3, -0.25) is 10.1 Å². The van der Waals surface area contributed by atoms with E-state index in [-0.39, 0.29) is 17.3 Å². The van der Waals surface area contributed by atoms with Gasteiger partial charge in [-0.05, 0) is 43.9 Å². The lowest BCUT2D eigenvalue weighted by molar-refractivity contribution is -0.123. The molecule has 0 spiro atoms. The fourth-order valence-corrected chi connectivity index (χ4v) is 3.36. The number of aryl methyl sites for hydroxylation is 1. The van der Waals surface area contributed by atoms with E-state index in [4.69, 9.17) is 10.5 Å². The number of nitrogen functional groups attached to an aromatic ring is 1. The van der Waals surface area contributed by atoms with Crippen LogP contribution in [0.3, 0.4) is 0 Å². The van der Waals surface area contributed by atoms with Gasteiger partial charge in [-0.15, -0.1) is 0 Å². The van der Waals surface area contributed by atoms with Gasteiger partial charge in [-0.1, -0.05) is 25.0 Å². The Morgan fingerprint density at radius 3 is 2.63 bits per heavy atom. The predicted octanol–water partition coefficient (Wildman–Crippen LogP) is 2.84. The third-order valence-corrected chi connectivity index (χ3v) is 5.22. The van der Waals surface area contributed by atoms with Crippen LogP contribution in [-0.4, -0.2) is 34.5 Å². The molecule has 1 saturated carbocycles. The highest BCUT2D eigenvalue weighted by Crippen LogP contribution is 2.32. The number of esters is 1. The molecule has 158 valence electrons. The van der Waals surface area contributed by atoms with Crippen molar-refractivity contribution in [2.45, 2.75) is 45.4 Å². The fraction of sp³-hybridized carbons (Fsp3) is 0.381. The molecule has 4 N–H and O–H groups in total. The van der Waals surface area contributed by atoms with Gasteiger partial charge in [-0.2, -0.15) is 0 Å². The van der Waals surface area contributed by atoms with Crippen molar-refractivity contribution in [2.24, 2.45) is 0 Å². The summed E-state index contributed by atoms with van der Waals surface area (Å²) in [6, 6.07) is 4.73. The lowest BCUT2D eigenvalue weighted by Crippen LogP contribution is -2.37. The summed E-state index contributed by atoms with van der Waals surface area (Å²) in [4.78, 5) is 44.6. The predicted molar refractivity (Wildman–Crippen MR) is 111 cm³/mol. The van der Waals surface area contributed by atoms with Crippen molar-refractivity contribution in [3.8, 4) is 0 Å². The third kappa shape index (κ3) is 5.11. The first-order valence-electron chi connectivity index (χ1n) is 9.81. The summed E-state index contributed by atoms with van der Waals surface area (Å²) in [5, 5.41) is 4.71. The standard InChI is InChI=1S/C21H25N5O4/c1-12-6-5-9-16(13(12)2)24-21(29)25-17(27)11-30-20(28)15-10-23-19(26-18(15)22)14-7-3-4-8-14/h5-6,9-10,14H,3-4,7-8,11H2,1-2H3,(H2,22,23,26)(H2,24,25,27,29). The number of anilines is 2. The first-order valence-corrected chi connectivity index (χ1v) is 9.81. The second kappa shape index (κ2) is 9.34. The summed E-state index contributed by atoms with van der Waals surface area (Å²) >= 11 is 0. The number of hydrogen-bond donors (Lipinski definition) is 3. The molecule has 3 rings (SSSR count). The Labute approximate surface area is 174 Å². The number of imide groups is 1. The smallest absolute Gasteiger partial charge is 0.344 e. The number of aromatic nitrogens is 2. The zero-order valence-electron chi connectivity index (χ0n) is 17.0. The Morgan fingerprint density at radius 1 is 1.20 bits per heavy atom. The lowest BCUT2D eigenvalue weighted by atomic mass is 10.1. The minimum atomic E-state index is -0.824. The maximum atomic E-state index is 12.2. The monoisotopic (exact) mass is 411 g/mol. The van der Waals surface area contributed by atoms with E-state index in [0.717, 1.165) is 36.8 Å². The SMILES string of the molecule is Cc1cccc(NC(=O)NC(=O)COC(=O)c2cnc(C3CCCC3)nc2N)c1C. The minimum absolute atomic E-state index is 0.00983. The number of hydrogen-bond acceptors (Lipinski definition) is 7. The third-order valence-electron chi connectivity index (χ3n) is 5.22. The summed E-state index contributed by atoms with van der Waals surface area (Å²) < 4.78 is 4.94. The Hall–Kier alpha value is -3.49. The van der Waals surface area contributed by atoms with Gasteiger partial charge in [-0.25, -0.2) is 19.6 Å². The summed E-state index contributed by atoms with van der Waals surface area (Å²) in [6.45, 7) is 3.14. The summed E-state index contributed by atoms with van der Waals surface area (Å²) in [7, 11) is 0. The molecule has 30 heavy (non-hydrogen) atoms. The molecule has 0 atom stereocenters. The zero-order chi connectivity index (χ0) is 21.7. The average Bonchev–Trinajstić information content (AvgIpc) is 3.24. The first kappa shape index (κ1) is 21.2. The molecular formula is C21H25N5O4. The lowest BCUT2D eigenvalue weighted by Gasteiger charge is -2.12. The number of benzene rings is 1. The average molecular weight is 411 g/mol. The Balaban J connectivity index is 1.51. The topological polar surface area (TPSA) is 136 Å². The van der Waals surface area contributed by atoms with E-state index in [0.29, 0.717) is 11.5 Å². The van der Waals surface area contributed by atoms with Gasteiger partial charge in [0.2, 0.25) is 0 Å². The second-order valence-electron chi connectivity index (χ2n) is 7.33. The van der Waals surface area contributed by atoms with Gasteiger partial charge in [0.15, 0.2) is 6.61 Å². The molecule has 1 heterocycles. The summed E-state index contributed by atoms with van der Waals surface area (Å²) in [5.41, 5.74) is 8.35. The van der Waals surface area contributed by atoms with Gasteiger partial charge >= 0.3 is 12.0 Å². The van der Waals surface area contributed by atoms with Crippen LogP contribution in [0, 0.1) is 13.8 Å². The van der Waals surface area contributed by atoms with E-state index in [1.807, 2.05) is 19.9 Å². The molecule has 1 fully saturated rings. The highest BCUT2D eigenvalue weighted by atomic mass is 16.5. The molecule has 1 aromatic heterocycles. The van der Waals surface area contributed by atoms with E-state index < -0.39 is 24.5 Å². The van der Waals surface area contributed by atoms with Crippen LogP contribution in [0.5, 0.6) is 0 Å². The van der Waals surface area contributed by atoms with Gasteiger partial charge in [0.1, 0.15) is 17.2 Å². The van der Waals surface area contributed by atoms with Gasteiger partial charge in [0.05, 0.1) is 0 Å². The molecule has 0 bridgehead atoms. The van der Waals surface area contributed by atoms with Crippen molar-refractivity contribution in [1.82, 2.24) is 15.3 Å². The highest BCUT2D eigenvalue weighted by molar-refractivity contribution is 6.03. The highest BCUT2D eigenvalue weighted by Gasteiger charge is 2.22. The van der Waals surface area contributed by atoms with Crippen molar-refractivity contribution in [1.29, 1.82) is 0 Å². The van der Waals surface area contributed by atoms with Crippen molar-refractivity contribution in [3.63, 3.8) is 0 Å². The van der Waals surface area contributed by atoms with Crippen molar-refractivity contribution < 1.29 is 19.1 Å². The maximum absolute atomic E-state index is 12.2. The number of ether oxygens (including phenoxy) is 1. The largest absolute Gasteiger partial charge is 0.452 e. The van der Waals surface area contributed by atoms with Crippen LogP contribution in [-0.2, 0) is 9.53 Å². The maximum Gasteiger partial charge on any atom is 0.344 e. The van der Waals surface area contributed by atoms with Crippen LogP contribution < -0.4 is 16.4 Å². The van der Waals surface area contributed by atoms with Crippen molar-refractivity contribution in [2.75, 3.05) is 17.7 Å². The number of nitrogens with two attached hydrogens (primary N) is 1.